The number of aryl methyl sites for hydroxylation is 3. The standard InChI is InChI=1S/C20H25ClN2O3S/c1-6-19(20(24)22-18-8-7-16(21)12-15(18)4)23(27(5,25)26)17-10-13(2)9-14(3)11-17/h7-12,19H,6H2,1-5H3,(H,22,24). The third kappa shape index (κ3) is 5.23. The molecule has 0 fully saturated rings. The predicted molar refractivity (Wildman–Crippen MR) is 112 cm³/mol. The van der Waals surface area contributed by atoms with E-state index in [1.807, 2.05) is 26.8 Å². The maximum Gasteiger partial charge on any atom is 0.248 e. The summed E-state index contributed by atoms with van der Waals surface area (Å²) in [5, 5.41) is 3.41. The lowest BCUT2D eigenvalue weighted by Gasteiger charge is -2.30. The second kappa shape index (κ2) is 8.31. The zero-order valence-corrected chi connectivity index (χ0v) is 17.8. The molecule has 0 spiro atoms. The number of benzene rings is 2. The van der Waals surface area contributed by atoms with Gasteiger partial charge in [-0.2, -0.15) is 0 Å². The van der Waals surface area contributed by atoms with Crippen LogP contribution in [-0.2, 0) is 14.8 Å². The Morgan fingerprint density at radius 3 is 2.19 bits per heavy atom. The van der Waals surface area contributed by atoms with Gasteiger partial charge in [0.15, 0.2) is 0 Å². The molecule has 0 saturated heterocycles. The molecule has 0 aliphatic carbocycles. The molecule has 1 unspecified atom stereocenters. The summed E-state index contributed by atoms with van der Waals surface area (Å²) < 4.78 is 26.3. The number of sulfonamides is 1. The van der Waals surface area contributed by atoms with E-state index in [2.05, 4.69) is 5.32 Å². The van der Waals surface area contributed by atoms with Gasteiger partial charge in [-0.25, -0.2) is 8.42 Å². The molecule has 0 saturated carbocycles. The Labute approximate surface area is 166 Å². The molecular formula is C20H25ClN2O3S. The number of carbonyl (C=O) groups is 1. The molecule has 1 amide bonds. The fourth-order valence-electron chi connectivity index (χ4n) is 3.12. The second-order valence-corrected chi connectivity index (χ2v) is 9.07. The van der Waals surface area contributed by atoms with E-state index >= 15 is 0 Å². The quantitative estimate of drug-likeness (QED) is 0.767. The van der Waals surface area contributed by atoms with Gasteiger partial charge in [-0.1, -0.05) is 24.6 Å². The van der Waals surface area contributed by atoms with Gasteiger partial charge >= 0.3 is 0 Å². The first-order valence-electron chi connectivity index (χ1n) is 8.67. The van der Waals surface area contributed by atoms with Gasteiger partial charge in [-0.3, -0.25) is 9.10 Å². The van der Waals surface area contributed by atoms with Crippen molar-refractivity contribution in [2.24, 2.45) is 0 Å². The van der Waals surface area contributed by atoms with Crippen LogP contribution in [0.15, 0.2) is 36.4 Å². The topological polar surface area (TPSA) is 66.5 Å². The molecule has 0 radical (unpaired) electrons. The number of nitrogens with zero attached hydrogens (tertiary/aromatic N) is 1. The number of nitrogens with one attached hydrogen (secondary N) is 1. The maximum atomic E-state index is 13.0. The molecule has 0 aliphatic heterocycles. The Morgan fingerprint density at radius 2 is 1.70 bits per heavy atom. The minimum absolute atomic E-state index is 0.332. The molecule has 1 atom stereocenters. The number of carbonyl (C=O) groups excluding carboxylic acids is 1. The van der Waals surface area contributed by atoms with E-state index in [1.54, 1.807) is 37.3 Å². The summed E-state index contributed by atoms with van der Waals surface area (Å²) in [6, 6.07) is 9.79. The van der Waals surface area contributed by atoms with Crippen molar-refractivity contribution in [3.8, 4) is 0 Å². The van der Waals surface area contributed by atoms with Crippen LogP contribution >= 0.6 is 11.6 Å². The Balaban J connectivity index is 2.44. The highest BCUT2D eigenvalue weighted by Gasteiger charge is 2.32. The van der Waals surface area contributed by atoms with Crippen LogP contribution in [0.2, 0.25) is 5.02 Å². The average Bonchev–Trinajstić information content (AvgIpc) is 2.52. The number of hydrogen-bond donors (Lipinski definition) is 1. The molecule has 27 heavy (non-hydrogen) atoms. The van der Waals surface area contributed by atoms with Crippen LogP contribution in [0.5, 0.6) is 0 Å². The van der Waals surface area contributed by atoms with E-state index in [1.165, 1.54) is 4.31 Å². The zero-order valence-electron chi connectivity index (χ0n) is 16.2. The first-order chi connectivity index (χ1) is 12.5. The highest BCUT2D eigenvalue weighted by atomic mass is 35.5. The molecule has 0 aliphatic rings. The fourth-order valence-corrected chi connectivity index (χ4v) is 4.54. The molecular weight excluding hydrogens is 384 g/mol. The van der Waals surface area contributed by atoms with Crippen molar-refractivity contribution in [3.63, 3.8) is 0 Å². The molecule has 1 N–H and O–H groups in total. The molecule has 2 aromatic carbocycles. The summed E-state index contributed by atoms with van der Waals surface area (Å²) in [7, 11) is -3.67. The van der Waals surface area contributed by atoms with Crippen molar-refractivity contribution in [1.29, 1.82) is 0 Å². The van der Waals surface area contributed by atoms with Crippen molar-refractivity contribution in [3.05, 3.63) is 58.1 Å². The van der Waals surface area contributed by atoms with Gasteiger partial charge < -0.3 is 5.32 Å². The van der Waals surface area contributed by atoms with Gasteiger partial charge in [0.05, 0.1) is 11.9 Å². The van der Waals surface area contributed by atoms with Crippen LogP contribution in [0, 0.1) is 20.8 Å². The summed E-state index contributed by atoms with van der Waals surface area (Å²) in [4.78, 5) is 13.0. The van der Waals surface area contributed by atoms with Gasteiger partial charge in [0.25, 0.3) is 0 Å². The van der Waals surface area contributed by atoms with Crippen LogP contribution in [0.25, 0.3) is 0 Å². The third-order valence-electron chi connectivity index (χ3n) is 4.24. The highest BCUT2D eigenvalue weighted by molar-refractivity contribution is 7.92. The van der Waals surface area contributed by atoms with Crippen LogP contribution in [0.3, 0.4) is 0 Å². The molecule has 2 rings (SSSR count). The van der Waals surface area contributed by atoms with Crippen LogP contribution in [-0.4, -0.2) is 26.6 Å². The molecule has 5 nitrogen and oxygen atoms in total. The average molecular weight is 409 g/mol. The lowest BCUT2D eigenvalue weighted by molar-refractivity contribution is -0.117. The zero-order chi connectivity index (χ0) is 20.4. The van der Waals surface area contributed by atoms with Crippen molar-refractivity contribution >= 4 is 38.9 Å². The first-order valence-corrected chi connectivity index (χ1v) is 10.9. The summed E-state index contributed by atoms with van der Waals surface area (Å²) >= 11 is 5.96. The minimum atomic E-state index is -3.67. The van der Waals surface area contributed by atoms with E-state index < -0.39 is 16.1 Å². The van der Waals surface area contributed by atoms with Gasteiger partial charge in [-0.05, 0) is 74.2 Å². The first kappa shape index (κ1) is 21.3. The number of hydrogen-bond acceptors (Lipinski definition) is 3. The van der Waals surface area contributed by atoms with E-state index in [-0.39, 0.29) is 5.91 Å². The van der Waals surface area contributed by atoms with Crippen molar-refractivity contribution < 1.29 is 13.2 Å². The van der Waals surface area contributed by atoms with Crippen LogP contribution < -0.4 is 9.62 Å². The number of halogens is 1. The van der Waals surface area contributed by atoms with E-state index in [4.69, 9.17) is 11.6 Å². The highest BCUT2D eigenvalue weighted by Crippen LogP contribution is 2.26. The Morgan fingerprint density at radius 1 is 1.11 bits per heavy atom. The lowest BCUT2D eigenvalue weighted by atomic mass is 10.1. The molecule has 0 heterocycles. The molecule has 7 heteroatoms. The van der Waals surface area contributed by atoms with E-state index in [0.29, 0.717) is 22.8 Å². The Kier molecular flexibility index (Phi) is 6.54. The molecule has 0 bridgehead atoms. The van der Waals surface area contributed by atoms with Gasteiger partial charge in [0, 0.05) is 10.7 Å². The smallest absolute Gasteiger partial charge is 0.248 e. The summed E-state index contributed by atoms with van der Waals surface area (Å²) in [6.07, 6.45) is 1.45. The molecule has 146 valence electrons. The predicted octanol–water partition coefficient (Wildman–Crippen LogP) is 4.45. The monoisotopic (exact) mass is 408 g/mol. The van der Waals surface area contributed by atoms with E-state index in [0.717, 1.165) is 22.9 Å². The summed E-state index contributed by atoms with van der Waals surface area (Å²) in [5.41, 5.74) is 3.77. The SMILES string of the molecule is CCC(C(=O)Nc1ccc(Cl)cc1C)N(c1cc(C)cc(C)c1)S(C)(=O)=O. The Hall–Kier alpha value is -2.05. The molecule has 2 aromatic rings. The lowest BCUT2D eigenvalue weighted by Crippen LogP contribution is -2.47. The van der Waals surface area contributed by atoms with Crippen LogP contribution in [0.1, 0.15) is 30.0 Å². The normalized spacial score (nSPS) is 12.5. The fraction of sp³-hybridized carbons (Fsp3) is 0.350. The molecule has 0 aromatic heterocycles. The third-order valence-corrected chi connectivity index (χ3v) is 5.65. The van der Waals surface area contributed by atoms with Crippen molar-refractivity contribution in [2.75, 3.05) is 15.9 Å². The second-order valence-electron chi connectivity index (χ2n) is 6.78. The maximum absolute atomic E-state index is 13.0. The number of rotatable bonds is 6. The van der Waals surface area contributed by atoms with Gasteiger partial charge in [-0.15, -0.1) is 0 Å². The van der Waals surface area contributed by atoms with Crippen LogP contribution in [0.4, 0.5) is 11.4 Å². The summed E-state index contributed by atoms with van der Waals surface area (Å²) in [5.74, 6) is -0.382. The van der Waals surface area contributed by atoms with Crippen molar-refractivity contribution in [1.82, 2.24) is 0 Å². The van der Waals surface area contributed by atoms with E-state index in [9.17, 15) is 13.2 Å². The largest absolute Gasteiger partial charge is 0.324 e. The van der Waals surface area contributed by atoms with Crippen molar-refractivity contribution in [2.45, 2.75) is 40.2 Å². The number of anilines is 2. The van der Waals surface area contributed by atoms with Gasteiger partial charge in [0.2, 0.25) is 15.9 Å². The number of amides is 1. The summed E-state index contributed by atoms with van der Waals surface area (Å²) in [6.45, 7) is 7.42. The minimum Gasteiger partial charge on any atom is -0.324 e. The van der Waals surface area contributed by atoms with Gasteiger partial charge in [0.1, 0.15) is 6.04 Å². The Bertz CT molecular complexity index is 937.